The van der Waals surface area contributed by atoms with E-state index in [1.165, 1.54) is 11.4 Å². The van der Waals surface area contributed by atoms with Crippen LogP contribution in [-0.4, -0.2) is 39.5 Å². The summed E-state index contributed by atoms with van der Waals surface area (Å²) in [5.41, 5.74) is 7.53. The Morgan fingerprint density at radius 1 is 1.29 bits per heavy atom. The summed E-state index contributed by atoms with van der Waals surface area (Å²) in [4.78, 5) is 0.122. The van der Waals surface area contributed by atoms with E-state index in [9.17, 15) is 8.42 Å². The molecule has 6 nitrogen and oxygen atoms in total. The first-order valence-corrected chi connectivity index (χ1v) is 8.02. The number of methoxy groups -OCH3 is 1. The monoisotopic (exact) mass is 311 g/mol. The molecule has 1 aromatic carbocycles. The maximum atomic E-state index is 12.8. The lowest BCUT2D eigenvalue weighted by atomic mass is 10.1. The van der Waals surface area contributed by atoms with Crippen molar-refractivity contribution < 1.29 is 13.2 Å². The minimum Gasteiger partial charge on any atom is -0.397 e. The van der Waals surface area contributed by atoms with Crippen LogP contribution in [0.5, 0.6) is 0 Å². The molecule has 0 fully saturated rings. The fourth-order valence-electron chi connectivity index (χ4n) is 2.00. The second-order valence-electron chi connectivity index (χ2n) is 4.75. The van der Waals surface area contributed by atoms with Gasteiger partial charge in [-0.2, -0.15) is 9.57 Å². The highest BCUT2D eigenvalue weighted by Crippen LogP contribution is 2.28. The van der Waals surface area contributed by atoms with Crippen molar-refractivity contribution in [3.8, 4) is 6.07 Å². The van der Waals surface area contributed by atoms with Gasteiger partial charge in [-0.05, 0) is 25.0 Å². The first-order valence-electron chi connectivity index (χ1n) is 6.58. The smallest absolute Gasteiger partial charge is 0.245 e. The average Bonchev–Trinajstić information content (AvgIpc) is 2.43. The number of ether oxygens (including phenoxy) is 1. The molecule has 0 amide bonds. The van der Waals surface area contributed by atoms with Crippen molar-refractivity contribution in [2.24, 2.45) is 0 Å². The van der Waals surface area contributed by atoms with Crippen molar-refractivity contribution >= 4 is 15.7 Å². The van der Waals surface area contributed by atoms with Gasteiger partial charge in [-0.1, -0.05) is 12.1 Å². The molecule has 116 valence electrons. The summed E-state index contributed by atoms with van der Waals surface area (Å²) < 4.78 is 31.8. The van der Waals surface area contributed by atoms with Crippen LogP contribution in [0.25, 0.3) is 0 Å². The Morgan fingerprint density at radius 2 is 1.90 bits per heavy atom. The summed E-state index contributed by atoms with van der Waals surface area (Å²) in [5, 5.41) is 8.70. The fourth-order valence-corrected chi connectivity index (χ4v) is 3.82. The first kappa shape index (κ1) is 17.4. The number of nitrogens with two attached hydrogens (primary N) is 1. The van der Waals surface area contributed by atoms with Gasteiger partial charge in [0.1, 0.15) is 4.90 Å². The molecule has 0 aliphatic heterocycles. The Labute approximate surface area is 126 Å². The van der Waals surface area contributed by atoms with Gasteiger partial charge in [-0.3, -0.25) is 0 Å². The van der Waals surface area contributed by atoms with Crippen molar-refractivity contribution in [3.63, 3.8) is 0 Å². The van der Waals surface area contributed by atoms with E-state index in [1.807, 2.05) is 6.07 Å². The van der Waals surface area contributed by atoms with E-state index < -0.39 is 10.0 Å². The van der Waals surface area contributed by atoms with Crippen LogP contribution in [-0.2, 0) is 14.8 Å². The van der Waals surface area contributed by atoms with Gasteiger partial charge in [-0.25, -0.2) is 8.42 Å². The van der Waals surface area contributed by atoms with E-state index in [0.29, 0.717) is 11.1 Å². The number of nitrogen functional groups attached to an aromatic ring is 1. The highest BCUT2D eigenvalue weighted by atomic mass is 32.2. The Bertz CT molecular complexity index is 636. The summed E-state index contributed by atoms with van der Waals surface area (Å²) >= 11 is 0. The molecule has 0 atom stereocenters. The summed E-state index contributed by atoms with van der Waals surface area (Å²) in [7, 11) is -2.25. The van der Waals surface area contributed by atoms with E-state index in [4.69, 9.17) is 15.7 Å². The Hall–Kier alpha value is -1.62. The molecule has 0 aliphatic carbocycles. The molecule has 0 spiro atoms. The van der Waals surface area contributed by atoms with E-state index in [1.54, 1.807) is 26.0 Å². The van der Waals surface area contributed by atoms with Crippen molar-refractivity contribution in [1.82, 2.24) is 4.31 Å². The number of benzene rings is 1. The van der Waals surface area contributed by atoms with Crippen LogP contribution < -0.4 is 5.73 Å². The van der Waals surface area contributed by atoms with Gasteiger partial charge in [0.25, 0.3) is 0 Å². The van der Waals surface area contributed by atoms with Crippen LogP contribution in [0.1, 0.15) is 17.5 Å². The second-order valence-corrected chi connectivity index (χ2v) is 6.62. The van der Waals surface area contributed by atoms with Gasteiger partial charge < -0.3 is 10.5 Å². The summed E-state index contributed by atoms with van der Waals surface area (Å²) in [6, 6.07) is 5.48. The predicted octanol–water partition coefficient (Wildman–Crippen LogP) is 1.44. The van der Waals surface area contributed by atoms with Crippen LogP contribution in [0.15, 0.2) is 17.0 Å². The average molecular weight is 311 g/mol. The van der Waals surface area contributed by atoms with Gasteiger partial charge in [0.15, 0.2) is 0 Å². The molecule has 0 saturated heterocycles. The van der Waals surface area contributed by atoms with Crippen LogP contribution >= 0.6 is 0 Å². The van der Waals surface area contributed by atoms with E-state index in [0.717, 1.165) is 0 Å². The summed E-state index contributed by atoms with van der Waals surface area (Å²) in [5.74, 6) is 0. The topological polar surface area (TPSA) is 96.4 Å². The highest BCUT2D eigenvalue weighted by molar-refractivity contribution is 7.89. The van der Waals surface area contributed by atoms with Crippen molar-refractivity contribution in [2.45, 2.75) is 25.2 Å². The number of anilines is 1. The van der Waals surface area contributed by atoms with Crippen LogP contribution in [0.2, 0.25) is 0 Å². The number of hydrogen-bond acceptors (Lipinski definition) is 5. The third-order valence-electron chi connectivity index (χ3n) is 3.23. The minimum atomic E-state index is -3.75. The lowest BCUT2D eigenvalue weighted by Gasteiger charge is -2.23. The second kappa shape index (κ2) is 7.41. The molecule has 0 radical (unpaired) electrons. The van der Waals surface area contributed by atoms with Crippen LogP contribution in [0, 0.1) is 25.2 Å². The number of rotatable bonds is 7. The van der Waals surface area contributed by atoms with Gasteiger partial charge >= 0.3 is 0 Å². The molecule has 1 aromatic rings. The van der Waals surface area contributed by atoms with Gasteiger partial charge in [0.05, 0.1) is 18.4 Å². The normalized spacial score (nSPS) is 11.6. The quantitative estimate of drug-likeness (QED) is 0.768. The van der Waals surface area contributed by atoms with Gasteiger partial charge in [0.2, 0.25) is 10.0 Å². The maximum Gasteiger partial charge on any atom is 0.245 e. The largest absolute Gasteiger partial charge is 0.397 e. The molecule has 0 aliphatic rings. The minimum absolute atomic E-state index is 0.119. The molecule has 7 heteroatoms. The molecular weight excluding hydrogens is 290 g/mol. The molecule has 2 N–H and O–H groups in total. The zero-order valence-electron chi connectivity index (χ0n) is 12.6. The van der Waals surface area contributed by atoms with Gasteiger partial charge in [0, 0.05) is 26.6 Å². The lowest BCUT2D eigenvalue weighted by molar-refractivity contribution is 0.179. The van der Waals surface area contributed by atoms with Crippen LogP contribution in [0.4, 0.5) is 5.69 Å². The molecule has 0 bridgehead atoms. The molecular formula is C14H21N3O3S. The lowest BCUT2D eigenvalue weighted by Crippen LogP contribution is -2.35. The number of aryl methyl sites for hydroxylation is 2. The predicted molar refractivity (Wildman–Crippen MR) is 81.2 cm³/mol. The van der Waals surface area contributed by atoms with E-state index in [2.05, 4.69) is 0 Å². The Morgan fingerprint density at radius 3 is 2.48 bits per heavy atom. The third kappa shape index (κ3) is 3.94. The molecule has 0 saturated carbocycles. The number of nitrogens with zero attached hydrogens (tertiary/aromatic N) is 2. The Balaban J connectivity index is 3.29. The number of sulfonamides is 1. The van der Waals surface area contributed by atoms with Crippen molar-refractivity contribution in [2.75, 3.05) is 32.5 Å². The van der Waals surface area contributed by atoms with E-state index in [-0.39, 0.29) is 36.7 Å². The highest BCUT2D eigenvalue weighted by Gasteiger charge is 2.28. The molecule has 0 heterocycles. The zero-order chi connectivity index (χ0) is 16.0. The Kier molecular flexibility index (Phi) is 6.15. The standard InChI is InChI=1S/C14H21N3O3S/c1-11-5-6-12(2)14(13(11)16)21(18,19)17(8-4-7-15)9-10-20-3/h5-6H,4,8-10,16H2,1-3H3. The number of hydrogen-bond donors (Lipinski definition) is 1. The van der Waals surface area contributed by atoms with Gasteiger partial charge in [-0.15, -0.1) is 0 Å². The summed E-state index contributed by atoms with van der Waals surface area (Å²) in [6.45, 7) is 4.04. The van der Waals surface area contributed by atoms with E-state index >= 15 is 0 Å². The zero-order valence-corrected chi connectivity index (χ0v) is 13.4. The first-order chi connectivity index (χ1) is 9.86. The maximum absolute atomic E-state index is 12.8. The molecule has 1 rings (SSSR count). The van der Waals surface area contributed by atoms with Crippen LogP contribution in [0.3, 0.4) is 0 Å². The molecule has 0 aromatic heterocycles. The fraction of sp³-hybridized carbons (Fsp3) is 0.500. The van der Waals surface area contributed by atoms with Crippen molar-refractivity contribution in [3.05, 3.63) is 23.3 Å². The SMILES string of the molecule is COCCN(CCC#N)S(=O)(=O)c1c(C)ccc(C)c1N. The number of nitriles is 1. The summed E-state index contributed by atoms with van der Waals surface area (Å²) in [6.07, 6.45) is 0.119. The van der Waals surface area contributed by atoms with Crippen molar-refractivity contribution in [1.29, 1.82) is 5.26 Å². The third-order valence-corrected chi connectivity index (χ3v) is 5.33. The molecule has 21 heavy (non-hydrogen) atoms. The molecule has 0 unspecified atom stereocenters.